The van der Waals surface area contributed by atoms with Crippen molar-refractivity contribution < 1.29 is 8.83 Å². The summed E-state index contributed by atoms with van der Waals surface area (Å²) >= 11 is 0. The van der Waals surface area contributed by atoms with E-state index in [2.05, 4.69) is 199 Å². The fourth-order valence-corrected chi connectivity index (χ4v) is 9.03. The third-order valence-electron chi connectivity index (χ3n) is 11.9. The van der Waals surface area contributed by atoms with Crippen molar-refractivity contribution in [1.82, 2.24) is 4.98 Å². The lowest BCUT2D eigenvalue weighted by Gasteiger charge is -2.27. The molecular formula is C57H36N2O2. The zero-order valence-electron chi connectivity index (χ0n) is 33.0. The summed E-state index contributed by atoms with van der Waals surface area (Å²) in [5.41, 5.74) is 14.2. The van der Waals surface area contributed by atoms with Gasteiger partial charge >= 0.3 is 0 Å². The number of rotatable bonds is 7. The molecule has 0 unspecified atom stereocenters. The second-order valence-corrected chi connectivity index (χ2v) is 15.5. The molecule has 0 fully saturated rings. The van der Waals surface area contributed by atoms with E-state index in [4.69, 9.17) is 13.8 Å². The highest BCUT2D eigenvalue weighted by molar-refractivity contribution is 6.23. The molecule has 0 aliphatic heterocycles. The number of anilines is 3. The van der Waals surface area contributed by atoms with Gasteiger partial charge < -0.3 is 13.7 Å². The summed E-state index contributed by atoms with van der Waals surface area (Å²) in [7, 11) is 0. The van der Waals surface area contributed by atoms with Crippen molar-refractivity contribution in [3.63, 3.8) is 0 Å². The summed E-state index contributed by atoms with van der Waals surface area (Å²) in [6.45, 7) is 0. The van der Waals surface area contributed by atoms with E-state index in [1.54, 1.807) is 0 Å². The molecule has 0 amide bonds. The monoisotopic (exact) mass is 780 g/mol. The van der Waals surface area contributed by atoms with Gasteiger partial charge in [-0.15, -0.1) is 0 Å². The predicted octanol–water partition coefficient (Wildman–Crippen LogP) is 16.2. The number of para-hydroxylation sites is 2. The highest BCUT2D eigenvalue weighted by atomic mass is 16.3. The van der Waals surface area contributed by atoms with Crippen molar-refractivity contribution in [2.45, 2.75) is 0 Å². The first-order chi connectivity index (χ1) is 30.2. The lowest BCUT2D eigenvalue weighted by atomic mass is 9.92. The van der Waals surface area contributed by atoms with E-state index in [-0.39, 0.29) is 0 Å². The van der Waals surface area contributed by atoms with Crippen LogP contribution in [0.3, 0.4) is 0 Å². The molecule has 0 aliphatic carbocycles. The summed E-state index contributed by atoms with van der Waals surface area (Å²) in [4.78, 5) is 7.24. The second-order valence-electron chi connectivity index (χ2n) is 15.5. The number of oxazole rings is 1. The Morgan fingerprint density at radius 3 is 1.57 bits per heavy atom. The van der Waals surface area contributed by atoms with E-state index in [0.29, 0.717) is 5.89 Å². The molecule has 12 rings (SSSR count). The van der Waals surface area contributed by atoms with Crippen molar-refractivity contribution in [1.29, 1.82) is 0 Å². The van der Waals surface area contributed by atoms with Gasteiger partial charge in [0.05, 0.1) is 5.69 Å². The number of hydrogen-bond acceptors (Lipinski definition) is 4. The molecule has 2 aromatic heterocycles. The zero-order valence-corrected chi connectivity index (χ0v) is 33.0. The highest BCUT2D eigenvalue weighted by Crippen LogP contribution is 2.49. The molecule has 0 N–H and O–H groups in total. The average Bonchev–Trinajstić information content (AvgIpc) is 3.94. The Bertz CT molecular complexity index is 3450. The topological polar surface area (TPSA) is 42.4 Å². The van der Waals surface area contributed by atoms with Crippen LogP contribution in [0.5, 0.6) is 0 Å². The number of fused-ring (bicyclic) bond motifs is 6. The van der Waals surface area contributed by atoms with Crippen LogP contribution < -0.4 is 4.90 Å². The summed E-state index contributed by atoms with van der Waals surface area (Å²) in [5.74, 6) is 0.612. The average molecular weight is 781 g/mol. The van der Waals surface area contributed by atoms with Gasteiger partial charge in [0.15, 0.2) is 11.2 Å². The standard InChI is InChI=1S/C57H36N2O2/c1-3-14-37(15-4-1)39-26-30-42(31-27-39)59(43-32-28-40(29-33-43)38-16-5-2-6-17-38)55-44-19-8-7-18-41(44)36-50-54-48(22-13-25-53(54)60-56(50)55)47-34-35-49(46-21-10-9-20-45(46)47)57-58-51-23-11-12-24-52(51)61-57/h1-36H. The van der Waals surface area contributed by atoms with Crippen LogP contribution in [-0.2, 0) is 0 Å². The molecule has 12 aromatic rings. The van der Waals surface area contributed by atoms with Gasteiger partial charge in [-0.1, -0.05) is 164 Å². The first kappa shape index (κ1) is 34.8. The number of nitrogens with zero attached hydrogens (tertiary/aromatic N) is 2. The molecule has 10 aromatic carbocycles. The Hall–Kier alpha value is -8.21. The zero-order chi connectivity index (χ0) is 40.3. The third kappa shape index (κ3) is 5.88. The van der Waals surface area contributed by atoms with E-state index < -0.39 is 0 Å². The van der Waals surface area contributed by atoms with Gasteiger partial charge in [0, 0.05) is 33.1 Å². The molecule has 2 heterocycles. The Balaban J connectivity index is 1.09. The van der Waals surface area contributed by atoms with Crippen LogP contribution >= 0.6 is 0 Å². The van der Waals surface area contributed by atoms with Crippen molar-refractivity contribution in [2.75, 3.05) is 4.90 Å². The Labute approximate surface area is 352 Å². The predicted molar refractivity (Wildman–Crippen MR) is 253 cm³/mol. The van der Waals surface area contributed by atoms with Crippen molar-refractivity contribution in [2.24, 2.45) is 0 Å². The van der Waals surface area contributed by atoms with E-state index in [1.165, 1.54) is 11.1 Å². The van der Waals surface area contributed by atoms with E-state index in [0.717, 1.165) is 99.5 Å². The fourth-order valence-electron chi connectivity index (χ4n) is 9.03. The minimum absolute atomic E-state index is 0.612. The molecule has 286 valence electrons. The number of benzene rings is 10. The second kappa shape index (κ2) is 14.3. The van der Waals surface area contributed by atoms with E-state index in [9.17, 15) is 0 Å². The molecule has 0 bridgehead atoms. The van der Waals surface area contributed by atoms with Gasteiger partial charge in [-0.25, -0.2) is 4.98 Å². The van der Waals surface area contributed by atoms with Crippen LogP contribution in [0.15, 0.2) is 227 Å². The summed E-state index contributed by atoms with van der Waals surface area (Å²) in [6, 6.07) is 77.0. The maximum absolute atomic E-state index is 7.14. The van der Waals surface area contributed by atoms with Crippen LogP contribution in [0, 0.1) is 0 Å². The van der Waals surface area contributed by atoms with Crippen LogP contribution in [0.25, 0.3) is 99.4 Å². The van der Waals surface area contributed by atoms with Gasteiger partial charge in [-0.05, 0) is 104 Å². The summed E-state index contributed by atoms with van der Waals surface area (Å²) < 4.78 is 13.4. The lowest BCUT2D eigenvalue weighted by Crippen LogP contribution is -2.11. The molecule has 61 heavy (non-hydrogen) atoms. The fraction of sp³-hybridized carbons (Fsp3) is 0. The smallest absolute Gasteiger partial charge is 0.227 e. The van der Waals surface area contributed by atoms with Crippen molar-refractivity contribution >= 4 is 71.6 Å². The van der Waals surface area contributed by atoms with Crippen LogP contribution in [0.4, 0.5) is 17.1 Å². The SMILES string of the molecule is c1ccc(-c2ccc(N(c3ccc(-c4ccccc4)cc3)c3c4ccccc4cc4c3oc3cccc(-c5ccc(-c6nc7ccccc7o6)c6ccccc56)c34)cc2)cc1. The Morgan fingerprint density at radius 1 is 0.361 bits per heavy atom. The van der Waals surface area contributed by atoms with Gasteiger partial charge in [0.25, 0.3) is 0 Å². The molecule has 0 atom stereocenters. The minimum atomic E-state index is 0.612. The number of aromatic nitrogens is 1. The number of hydrogen-bond donors (Lipinski definition) is 0. The number of furan rings is 1. The van der Waals surface area contributed by atoms with Crippen molar-refractivity contribution in [3.05, 3.63) is 218 Å². The van der Waals surface area contributed by atoms with Gasteiger partial charge in [0.1, 0.15) is 11.1 Å². The first-order valence-electron chi connectivity index (χ1n) is 20.6. The van der Waals surface area contributed by atoms with Gasteiger partial charge in [0.2, 0.25) is 5.89 Å². The maximum atomic E-state index is 7.14. The molecule has 0 aliphatic rings. The largest absolute Gasteiger partial charge is 0.454 e. The molecule has 0 saturated carbocycles. The molecular weight excluding hydrogens is 745 g/mol. The minimum Gasteiger partial charge on any atom is -0.454 e. The molecule has 4 heteroatoms. The summed E-state index contributed by atoms with van der Waals surface area (Å²) in [5, 5.41) is 6.55. The van der Waals surface area contributed by atoms with Crippen molar-refractivity contribution in [3.8, 4) is 44.8 Å². The van der Waals surface area contributed by atoms with E-state index in [1.807, 2.05) is 24.3 Å². The van der Waals surface area contributed by atoms with Gasteiger partial charge in [-0.3, -0.25) is 0 Å². The Morgan fingerprint density at radius 2 is 0.902 bits per heavy atom. The maximum Gasteiger partial charge on any atom is 0.227 e. The molecule has 0 radical (unpaired) electrons. The normalized spacial score (nSPS) is 11.6. The highest BCUT2D eigenvalue weighted by Gasteiger charge is 2.25. The lowest BCUT2D eigenvalue weighted by molar-refractivity contribution is 0.620. The van der Waals surface area contributed by atoms with Gasteiger partial charge in [-0.2, -0.15) is 0 Å². The van der Waals surface area contributed by atoms with Crippen LogP contribution in [0.1, 0.15) is 0 Å². The quantitative estimate of drug-likeness (QED) is 0.162. The first-order valence-corrected chi connectivity index (χ1v) is 20.6. The third-order valence-corrected chi connectivity index (χ3v) is 11.9. The molecule has 0 saturated heterocycles. The summed E-state index contributed by atoms with van der Waals surface area (Å²) in [6.07, 6.45) is 0. The molecule has 0 spiro atoms. The molecule has 4 nitrogen and oxygen atoms in total. The van der Waals surface area contributed by atoms with E-state index >= 15 is 0 Å². The Kier molecular flexibility index (Phi) is 8.13. The van der Waals surface area contributed by atoms with Crippen LogP contribution in [-0.4, -0.2) is 4.98 Å². The van der Waals surface area contributed by atoms with Crippen LogP contribution in [0.2, 0.25) is 0 Å².